The van der Waals surface area contributed by atoms with Crippen molar-refractivity contribution in [2.75, 3.05) is 0 Å². The maximum Gasteiger partial charge on any atom is 0.244 e. The topological polar surface area (TPSA) is 118 Å². The molecule has 0 bridgehead atoms. The van der Waals surface area contributed by atoms with E-state index < -0.39 is 5.92 Å². The number of fused-ring (bicyclic) bond motifs is 2. The van der Waals surface area contributed by atoms with Crippen LogP contribution in [0.2, 0.25) is 0 Å². The number of thiazole rings is 1. The molecule has 5 aromatic rings. The first-order valence-electron chi connectivity index (χ1n) is 10.8. The molecular formula is C25H18FN7OS. The number of nitrogens with two attached hydrogens (primary N) is 1. The number of H-pyrrole nitrogens is 1. The highest BCUT2D eigenvalue weighted by atomic mass is 32.1. The number of benzene rings is 2. The van der Waals surface area contributed by atoms with E-state index in [-0.39, 0.29) is 17.3 Å². The first-order chi connectivity index (χ1) is 16.9. The molecule has 0 spiro atoms. The minimum Gasteiger partial charge on any atom is -0.420 e. The number of hydrogen-bond acceptors (Lipinski definition) is 7. The van der Waals surface area contributed by atoms with Crippen molar-refractivity contribution in [3.8, 4) is 28.3 Å². The first-order valence-corrected chi connectivity index (χ1v) is 11.6. The molecule has 6 rings (SSSR count). The predicted octanol–water partition coefficient (Wildman–Crippen LogP) is 4.85. The summed E-state index contributed by atoms with van der Waals surface area (Å²) in [5.41, 5.74) is 11.8. The molecule has 0 fully saturated rings. The van der Waals surface area contributed by atoms with Crippen LogP contribution in [0.4, 0.5) is 4.39 Å². The lowest BCUT2D eigenvalue weighted by Gasteiger charge is -2.23. The SMILES string of the molecule is Cc1ccc2nc(-n3cc(C4C(C#N)=C(N)Oc5n[nH]c(C)c54)c(-c4ccc(F)cc4)n3)sc2c1. The Balaban J connectivity index is 1.61. The Morgan fingerprint density at radius 3 is 2.77 bits per heavy atom. The first kappa shape index (κ1) is 21.1. The summed E-state index contributed by atoms with van der Waals surface area (Å²) >= 11 is 1.51. The monoisotopic (exact) mass is 483 g/mol. The van der Waals surface area contributed by atoms with Gasteiger partial charge in [0.25, 0.3) is 0 Å². The summed E-state index contributed by atoms with van der Waals surface area (Å²) in [6, 6.07) is 14.4. The van der Waals surface area contributed by atoms with Gasteiger partial charge in [-0.25, -0.2) is 14.1 Å². The Morgan fingerprint density at radius 1 is 1.20 bits per heavy atom. The third-order valence-electron chi connectivity index (χ3n) is 6.03. The summed E-state index contributed by atoms with van der Waals surface area (Å²) in [6.07, 6.45) is 1.85. The molecule has 0 aliphatic carbocycles. The number of aromatic nitrogens is 5. The van der Waals surface area contributed by atoms with Crippen LogP contribution >= 0.6 is 11.3 Å². The molecule has 35 heavy (non-hydrogen) atoms. The molecule has 4 heterocycles. The standard InChI is InChI=1S/C25H18FN7OS/c1-12-3-8-18-19(9-12)35-25(29-18)33-11-17(22(32-33)14-4-6-15(26)7-5-14)21-16(10-27)23(28)34-24-20(21)13(2)30-31-24/h3-9,11,21H,28H2,1-2H3,(H,30,31). The highest BCUT2D eigenvalue weighted by molar-refractivity contribution is 7.20. The largest absolute Gasteiger partial charge is 0.420 e. The average Bonchev–Trinajstić information content (AvgIpc) is 3.55. The Kier molecular flexibility index (Phi) is 4.69. The fourth-order valence-electron chi connectivity index (χ4n) is 4.36. The van der Waals surface area contributed by atoms with Crippen molar-refractivity contribution >= 4 is 21.6 Å². The highest BCUT2D eigenvalue weighted by Gasteiger charge is 2.37. The summed E-state index contributed by atoms with van der Waals surface area (Å²) in [4.78, 5) is 4.75. The lowest BCUT2D eigenvalue weighted by atomic mass is 9.83. The number of ether oxygens (including phenoxy) is 1. The van der Waals surface area contributed by atoms with Gasteiger partial charge in [0, 0.05) is 28.6 Å². The molecule has 172 valence electrons. The molecule has 2 aromatic carbocycles. The molecule has 8 nitrogen and oxygen atoms in total. The normalized spacial score (nSPS) is 15.2. The Morgan fingerprint density at radius 2 is 2.00 bits per heavy atom. The number of nitrogens with one attached hydrogen (secondary N) is 1. The smallest absolute Gasteiger partial charge is 0.244 e. The predicted molar refractivity (Wildman–Crippen MR) is 129 cm³/mol. The fourth-order valence-corrected chi connectivity index (χ4v) is 5.35. The number of nitriles is 1. The lowest BCUT2D eigenvalue weighted by Crippen LogP contribution is -2.21. The van der Waals surface area contributed by atoms with Crippen LogP contribution in [-0.2, 0) is 0 Å². The van der Waals surface area contributed by atoms with Gasteiger partial charge in [0.05, 0.1) is 21.8 Å². The van der Waals surface area contributed by atoms with Crippen molar-refractivity contribution in [2.24, 2.45) is 5.73 Å². The number of aryl methyl sites for hydroxylation is 2. The summed E-state index contributed by atoms with van der Waals surface area (Å²) < 4.78 is 22.1. The van der Waals surface area contributed by atoms with E-state index in [1.54, 1.807) is 16.8 Å². The van der Waals surface area contributed by atoms with Gasteiger partial charge >= 0.3 is 0 Å². The summed E-state index contributed by atoms with van der Waals surface area (Å²) in [6.45, 7) is 3.89. The minimum absolute atomic E-state index is 0.00947. The van der Waals surface area contributed by atoms with Gasteiger partial charge in [-0.3, -0.25) is 5.10 Å². The summed E-state index contributed by atoms with van der Waals surface area (Å²) in [5.74, 6) is -0.618. The van der Waals surface area contributed by atoms with Crippen molar-refractivity contribution in [2.45, 2.75) is 19.8 Å². The molecule has 0 radical (unpaired) electrons. The Bertz CT molecular complexity index is 1690. The minimum atomic E-state index is -0.576. The fraction of sp³-hybridized carbons (Fsp3) is 0.120. The molecule has 0 saturated carbocycles. The average molecular weight is 484 g/mol. The molecule has 0 saturated heterocycles. The van der Waals surface area contributed by atoms with Crippen LogP contribution in [0, 0.1) is 31.0 Å². The third kappa shape index (κ3) is 3.36. The van der Waals surface area contributed by atoms with Crippen LogP contribution in [0.1, 0.15) is 28.3 Å². The molecule has 10 heteroatoms. The van der Waals surface area contributed by atoms with Gasteiger partial charge in [0.1, 0.15) is 17.5 Å². The number of allylic oxidation sites excluding steroid dienone is 1. The van der Waals surface area contributed by atoms with Crippen LogP contribution in [0.25, 0.3) is 26.6 Å². The van der Waals surface area contributed by atoms with Gasteiger partial charge in [-0.05, 0) is 55.8 Å². The molecule has 3 aromatic heterocycles. The molecular weight excluding hydrogens is 465 g/mol. The van der Waals surface area contributed by atoms with Crippen LogP contribution in [0.15, 0.2) is 60.1 Å². The molecule has 0 amide bonds. The number of rotatable bonds is 3. The Labute approximate surface area is 203 Å². The molecule has 1 atom stereocenters. The van der Waals surface area contributed by atoms with Gasteiger partial charge in [0.2, 0.25) is 16.9 Å². The van der Waals surface area contributed by atoms with E-state index in [4.69, 9.17) is 20.6 Å². The quantitative estimate of drug-likeness (QED) is 0.379. The second-order valence-corrected chi connectivity index (χ2v) is 9.35. The molecule has 1 aliphatic heterocycles. The number of hydrogen-bond donors (Lipinski definition) is 2. The second-order valence-electron chi connectivity index (χ2n) is 8.34. The van der Waals surface area contributed by atoms with Crippen molar-refractivity contribution < 1.29 is 9.13 Å². The second kappa shape index (κ2) is 7.78. The van der Waals surface area contributed by atoms with E-state index in [9.17, 15) is 9.65 Å². The van der Waals surface area contributed by atoms with Gasteiger partial charge in [-0.2, -0.15) is 10.4 Å². The number of halogens is 1. The van der Waals surface area contributed by atoms with Crippen molar-refractivity contribution in [3.05, 3.63) is 88.3 Å². The zero-order valence-corrected chi connectivity index (χ0v) is 19.5. The van der Waals surface area contributed by atoms with E-state index >= 15 is 0 Å². The van der Waals surface area contributed by atoms with E-state index in [2.05, 4.69) is 22.3 Å². The van der Waals surface area contributed by atoms with Crippen molar-refractivity contribution in [3.63, 3.8) is 0 Å². The van der Waals surface area contributed by atoms with Gasteiger partial charge in [0.15, 0.2) is 0 Å². The molecule has 1 unspecified atom stereocenters. The lowest BCUT2D eigenvalue weighted by molar-refractivity contribution is 0.379. The summed E-state index contributed by atoms with van der Waals surface area (Å²) in [7, 11) is 0. The maximum atomic E-state index is 13.7. The van der Waals surface area contributed by atoms with Gasteiger partial charge in [-0.15, -0.1) is 5.10 Å². The van der Waals surface area contributed by atoms with Crippen LogP contribution in [0.3, 0.4) is 0 Å². The molecule has 3 N–H and O–H groups in total. The van der Waals surface area contributed by atoms with E-state index in [0.29, 0.717) is 33.4 Å². The van der Waals surface area contributed by atoms with Crippen LogP contribution in [-0.4, -0.2) is 25.0 Å². The Hall–Kier alpha value is -4.49. The number of nitrogens with zero attached hydrogens (tertiary/aromatic N) is 5. The van der Waals surface area contributed by atoms with E-state index in [1.807, 2.05) is 32.2 Å². The third-order valence-corrected chi connectivity index (χ3v) is 7.04. The zero-order valence-electron chi connectivity index (χ0n) is 18.7. The van der Waals surface area contributed by atoms with E-state index in [1.165, 1.54) is 23.5 Å². The van der Waals surface area contributed by atoms with Crippen LogP contribution < -0.4 is 10.5 Å². The number of aromatic amines is 1. The zero-order chi connectivity index (χ0) is 24.3. The van der Waals surface area contributed by atoms with Gasteiger partial charge in [-0.1, -0.05) is 17.4 Å². The highest BCUT2D eigenvalue weighted by Crippen LogP contribution is 2.45. The maximum absolute atomic E-state index is 13.7. The van der Waals surface area contributed by atoms with Crippen molar-refractivity contribution in [1.29, 1.82) is 5.26 Å². The van der Waals surface area contributed by atoms with Crippen molar-refractivity contribution in [1.82, 2.24) is 25.0 Å². The summed E-state index contributed by atoms with van der Waals surface area (Å²) in [5, 5.41) is 22.7. The van der Waals surface area contributed by atoms with Gasteiger partial charge < -0.3 is 10.5 Å². The molecule has 1 aliphatic rings. The van der Waals surface area contributed by atoms with E-state index in [0.717, 1.165) is 21.5 Å². The van der Waals surface area contributed by atoms with Crippen LogP contribution in [0.5, 0.6) is 5.88 Å².